The van der Waals surface area contributed by atoms with Crippen LogP contribution < -0.4 is 4.74 Å². The van der Waals surface area contributed by atoms with Gasteiger partial charge in [0.25, 0.3) is 0 Å². The number of para-hydroxylation sites is 1. The first-order valence-corrected chi connectivity index (χ1v) is 5.66. The van der Waals surface area contributed by atoms with E-state index in [2.05, 4.69) is 0 Å². The van der Waals surface area contributed by atoms with Gasteiger partial charge in [0, 0.05) is 12.0 Å². The standard InChI is InChI=1S/C15H16O2/c1-17-15-10-6-5-9-13(15)14(16)11-12-7-3-2-4-8-12/h2-10,14,16H,11H2,1H3. The Balaban J connectivity index is 2.17. The van der Waals surface area contributed by atoms with Crippen molar-refractivity contribution in [3.05, 3.63) is 65.7 Å². The Morgan fingerprint density at radius 1 is 1.00 bits per heavy atom. The van der Waals surface area contributed by atoms with Crippen molar-refractivity contribution in [3.8, 4) is 5.75 Å². The average molecular weight is 228 g/mol. The van der Waals surface area contributed by atoms with Crippen molar-refractivity contribution in [1.82, 2.24) is 0 Å². The third-order valence-electron chi connectivity index (χ3n) is 2.77. The first kappa shape index (κ1) is 11.7. The van der Waals surface area contributed by atoms with Crippen molar-refractivity contribution in [2.75, 3.05) is 7.11 Å². The van der Waals surface area contributed by atoms with E-state index in [9.17, 15) is 5.11 Å². The van der Waals surface area contributed by atoms with Gasteiger partial charge in [-0.1, -0.05) is 48.5 Å². The summed E-state index contributed by atoms with van der Waals surface area (Å²) in [6.07, 6.45) is 0.0647. The molecule has 1 N–H and O–H groups in total. The molecule has 0 amide bonds. The number of hydrogen-bond acceptors (Lipinski definition) is 2. The zero-order valence-corrected chi connectivity index (χ0v) is 9.84. The van der Waals surface area contributed by atoms with Gasteiger partial charge in [-0.25, -0.2) is 0 Å². The molecule has 1 atom stereocenters. The molecule has 88 valence electrons. The Hall–Kier alpha value is -1.80. The summed E-state index contributed by atoms with van der Waals surface area (Å²) in [6, 6.07) is 17.5. The number of benzene rings is 2. The van der Waals surface area contributed by atoms with Crippen molar-refractivity contribution < 1.29 is 9.84 Å². The minimum Gasteiger partial charge on any atom is -0.496 e. The number of hydrogen-bond donors (Lipinski definition) is 1. The minimum atomic E-state index is -0.534. The van der Waals surface area contributed by atoms with Crippen LogP contribution in [0.3, 0.4) is 0 Å². The van der Waals surface area contributed by atoms with E-state index in [1.54, 1.807) is 7.11 Å². The molecular formula is C15H16O2. The summed E-state index contributed by atoms with van der Waals surface area (Å²) in [5, 5.41) is 10.2. The topological polar surface area (TPSA) is 29.5 Å². The SMILES string of the molecule is COc1ccccc1C(O)Cc1ccccc1. The summed E-state index contributed by atoms with van der Waals surface area (Å²) < 4.78 is 5.24. The van der Waals surface area contributed by atoms with E-state index in [4.69, 9.17) is 4.74 Å². The number of ether oxygens (including phenoxy) is 1. The van der Waals surface area contributed by atoms with Gasteiger partial charge >= 0.3 is 0 Å². The Bertz CT molecular complexity index is 465. The third kappa shape index (κ3) is 2.86. The van der Waals surface area contributed by atoms with E-state index in [-0.39, 0.29) is 0 Å². The summed E-state index contributed by atoms with van der Waals surface area (Å²) in [7, 11) is 1.62. The number of methoxy groups -OCH3 is 1. The summed E-state index contributed by atoms with van der Waals surface area (Å²) >= 11 is 0. The summed E-state index contributed by atoms with van der Waals surface area (Å²) in [4.78, 5) is 0. The molecule has 1 unspecified atom stereocenters. The van der Waals surface area contributed by atoms with Crippen LogP contribution >= 0.6 is 0 Å². The molecule has 0 saturated heterocycles. The summed E-state index contributed by atoms with van der Waals surface area (Å²) in [5.74, 6) is 0.732. The van der Waals surface area contributed by atoms with E-state index in [1.165, 1.54) is 0 Å². The fraction of sp³-hybridized carbons (Fsp3) is 0.200. The summed E-state index contributed by atoms with van der Waals surface area (Å²) in [5.41, 5.74) is 1.95. The first-order valence-electron chi connectivity index (χ1n) is 5.66. The van der Waals surface area contributed by atoms with E-state index < -0.39 is 6.10 Å². The molecule has 0 radical (unpaired) electrons. The third-order valence-corrected chi connectivity index (χ3v) is 2.77. The predicted molar refractivity (Wildman–Crippen MR) is 68.1 cm³/mol. The van der Waals surface area contributed by atoms with Gasteiger partial charge in [-0.15, -0.1) is 0 Å². The highest BCUT2D eigenvalue weighted by atomic mass is 16.5. The molecule has 0 aliphatic heterocycles. The average Bonchev–Trinajstić information content (AvgIpc) is 2.40. The Labute approximate surface area is 101 Å². The van der Waals surface area contributed by atoms with Crippen molar-refractivity contribution in [3.63, 3.8) is 0 Å². The van der Waals surface area contributed by atoms with Crippen LogP contribution in [0.5, 0.6) is 5.75 Å². The maximum Gasteiger partial charge on any atom is 0.124 e. The highest BCUT2D eigenvalue weighted by Crippen LogP contribution is 2.26. The molecule has 0 fully saturated rings. The largest absolute Gasteiger partial charge is 0.496 e. The molecule has 2 aromatic carbocycles. The van der Waals surface area contributed by atoms with Gasteiger partial charge in [-0.3, -0.25) is 0 Å². The van der Waals surface area contributed by atoms with E-state index in [1.807, 2.05) is 54.6 Å². The molecule has 0 bridgehead atoms. The monoisotopic (exact) mass is 228 g/mol. The number of rotatable bonds is 4. The lowest BCUT2D eigenvalue weighted by molar-refractivity contribution is 0.174. The van der Waals surface area contributed by atoms with Gasteiger partial charge in [-0.2, -0.15) is 0 Å². The molecule has 0 aliphatic carbocycles. The second kappa shape index (κ2) is 5.51. The maximum atomic E-state index is 10.2. The molecule has 0 aromatic heterocycles. The van der Waals surface area contributed by atoms with Crippen molar-refractivity contribution in [2.45, 2.75) is 12.5 Å². The van der Waals surface area contributed by atoms with Gasteiger partial charge in [0.2, 0.25) is 0 Å². The van der Waals surface area contributed by atoms with Crippen LogP contribution in [0.25, 0.3) is 0 Å². The second-order valence-electron chi connectivity index (χ2n) is 3.95. The van der Waals surface area contributed by atoms with E-state index in [0.29, 0.717) is 6.42 Å². The van der Waals surface area contributed by atoms with Gasteiger partial charge in [-0.05, 0) is 11.6 Å². The fourth-order valence-corrected chi connectivity index (χ4v) is 1.89. The molecule has 2 nitrogen and oxygen atoms in total. The van der Waals surface area contributed by atoms with Crippen LogP contribution in [-0.4, -0.2) is 12.2 Å². The van der Waals surface area contributed by atoms with Crippen LogP contribution in [0, 0.1) is 0 Å². The van der Waals surface area contributed by atoms with E-state index >= 15 is 0 Å². The van der Waals surface area contributed by atoms with Crippen molar-refractivity contribution in [2.24, 2.45) is 0 Å². The molecule has 2 rings (SSSR count). The van der Waals surface area contributed by atoms with Gasteiger partial charge in [0.15, 0.2) is 0 Å². The lowest BCUT2D eigenvalue weighted by Crippen LogP contribution is -2.03. The molecule has 0 saturated carbocycles. The molecular weight excluding hydrogens is 212 g/mol. The zero-order valence-electron chi connectivity index (χ0n) is 9.84. The number of aliphatic hydroxyl groups is 1. The molecule has 0 aliphatic rings. The van der Waals surface area contributed by atoms with Crippen LogP contribution in [0.2, 0.25) is 0 Å². The second-order valence-corrected chi connectivity index (χ2v) is 3.95. The quantitative estimate of drug-likeness (QED) is 0.871. The smallest absolute Gasteiger partial charge is 0.124 e. The molecule has 17 heavy (non-hydrogen) atoms. The lowest BCUT2D eigenvalue weighted by atomic mass is 10.0. The lowest BCUT2D eigenvalue weighted by Gasteiger charge is -2.14. The van der Waals surface area contributed by atoms with Crippen LogP contribution in [0.1, 0.15) is 17.2 Å². The van der Waals surface area contributed by atoms with Crippen LogP contribution in [0.15, 0.2) is 54.6 Å². The summed E-state index contributed by atoms with van der Waals surface area (Å²) in [6.45, 7) is 0. The van der Waals surface area contributed by atoms with Crippen molar-refractivity contribution >= 4 is 0 Å². The maximum absolute atomic E-state index is 10.2. The predicted octanol–water partition coefficient (Wildman–Crippen LogP) is 2.97. The van der Waals surface area contributed by atoms with Gasteiger partial charge in [0.05, 0.1) is 13.2 Å². The van der Waals surface area contributed by atoms with Gasteiger partial charge in [0.1, 0.15) is 5.75 Å². The molecule has 2 heteroatoms. The first-order chi connectivity index (χ1) is 8.31. The Kier molecular flexibility index (Phi) is 3.78. The van der Waals surface area contributed by atoms with Gasteiger partial charge < -0.3 is 9.84 Å². The minimum absolute atomic E-state index is 0.534. The number of aliphatic hydroxyl groups excluding tert-OH is 1. The Morgan fingerprint density at radius 2 is 1.65 bits per heavy atom. The van der Waals surface area contributed by atoms with Crippen LogP contribution in [0.4, 0.5) is 0 Å². The highest BCUT2D eigenvalue weighted by Gasteiger charge is 2.12. The van der Waals surface area contributed by atoms with Crippen molar-refractivity contribution in [1.29, 1.82) is 0 Å². The highest BCUT2D eigenvalue weighted by molar-refractivity contribution is 5.35. The zero-order chi connectivity index (χ0) is 12.1. The van der Waals surface area contributed by atoms with E-state index in [0.717, 1.165) is 16.9 Å². The fourth-order valence-electron chi connectivity index (χ4n) is 1.89. The normalized spacial score (nSPS) is 12.1. The molecule has 2 aromatic rings. The molecule has 0 heterocycles. The molecule has 0 spiro atoms. The van der Waals surface area contributed by atoms with Crippen LogP contribution in [-0.2, 0) is 6.42 Å². The Morgan fingerprint density at radius 3 is 2.35 bits per heavy atom.